The molecule has 4 nitrogen and oxygen atoms in total. The Kier molecular flexibility index (Phi) is 3.24. The molecule has 1 fully saturated rings. The van der Waals surface area contributed by atoms with Gasteiger partial charge in [-0.2, -0.15) is 0 Å². The van der Waals surface area contributed by atoms with Gasteiger partial charge in [0.25, 0.3) is 5.91 Å². The Morgan fingerprint density at radius 1 is 1.37 bits per heavy atom. The molecule has 1 aromatic carbocycles. The van der Waals surface area contributed by atoms with Crippen molar-refractivity contribution in [2.24, 2.45) is 0 Å². The van der Waals surface area contributed by atoms with Crippen molar-refractivity contribution in [3.63, 3.8) is 0 Å². The highest BCUT2D eigenvalue weighted by molar-refractivity contribution is 5.93. The van der Waals surface area contributed by atoms with Crippen molar-refractivity contribution < 1.29 is 14.4 Å². The Hall–Kier alpha value is -1.46. The average molecular weight is 264 g/mol. The molecule has 3 rings (SSSR count). The average Bonchev–Trinajstić information content (AvgIpc) is 2.45. The Morgan fingerprint density at radius 3 is 3.00 bits per heavy atom. The summed E-state index contributed by atoms with van der Waals surface area (Å²) < 4.78 is 14.3. The maximum absolute atomic E-state index is 14.3. The molecule has 0 aromatic heterocycles. The van der Waals surface area contributed by atoms with Crippen molar-refractivity contribution in [1.82, 2.24) is 10.4 Å². The van der Waals surface area contributed by atoms with Crippen molar-refractivity contribution in [1.29, 1.82) is 0 Å². The fraction of sp³-hybridized carbons (Fsp3) is 0.500. The van der Waals surface area contributed by atoms with Crippen LogP contribution in [0.1, 0.15) is 46.8 Å². The maximum Gasteiger partial charge on any atom is 0.274 e. The number of hydroxylamine groups is 1. The second kappa shape index (κ2) is 4.90. The Morgan fingerprint density at radius 2 is 2.21 bits per heavy atom. The van der Waals surface area contributed by atoms with Crippen LogP contribution in [0.3, 0.4) is 0 Å². The number of hydrogen-bond donors (Lipinski definition) is 2. The summed E-state index contributed by atoms with van der Waals surface area (Å²) in [5.74, 6) is -0.986. The van der Waals surface area contributed by atoms with E-state index in [1.54, 1.807) is 11.5 Å². The first-order chi connectivity index (χ1) is 9.20. The lowest BCUT2D eigenvalue weighted by Crippen LogP contribution is -2.39. The highest BCUT2D eigenvalue weighted by Crippen LogP contribution is 2.38. The molecule has 1 amide bonds. The van der Waals surface area contributed by atoms with E-state index in [-0.39, 0.29) is 17.4 Å². The van der Waals surface area contributed by atoms with Crippen molar-refractivity contribution in [3.05, 3.63) is 34.6 Å². The summed E-state index contributed by atoms with van der Waals surface area (Å²) in [5, 5.41) is 8.64. The topological polar surface area (TPSA) is 52.6 Å². The normalized spacial score (nSPS) is 22.5. The number of benzene rings is 1. The predicted octanol–water partition coefficient (Wildman–Crippen LogP) is 2.03. The van der Waals surface area contributed by atoms with Crippen molar-refractivity contribution in [3.8, 4) is 0 Å². The number of carbonyl (C=O) groups is 1. The maximum atomic E-state index is 14.3. The van der Waals surface area contributed by atoms with Gasteiger partial charge in [0.1, 0.15) is 5.82 Å². The number of nitrogens with zero attached hydrogens (tertiary/aromatic N) is 1. The standard InChI is InChI=1S/C14H17FN2O2/c15-11-8-10(14(18)16-19)7-9-4-6-17-5-2-1-3-12(17)13(9)11/h7-8,12,19H,1-6H2,(H,16,18)/t12-/m1/s1. The second-order valence-electron chi connectivity index (χ2n) is 5.27. The van der Waals surface area contributed by atoms with E-state index in [4.69, 9.17) is 5.21 Å². The van der Waals surface area contributed by atoms with Crippen LogP contribution < -0.4 is 5.48 Å². The number of hydrogen-bond acceptors (Lipinski definition) is 3. The van der Waals surface area contributed by atoms with Crippen LogP contribution in [-0.2, 0) is 6.42 Å². The highest BCUT2D eigenvalue weighted by Gasteiger charge is 2.32. The van der Waals surface area contributed by atoms with Gasteiger partial charge in [-0.25, -0.2) is 9.87 Å². The Labute approximate surface area is 111 Å². The zero-order valence-corrected chi connectivity index (χ0v) is 10.7. The molecule has 2 heterocycles. The Balaban J connectivity index is 2.02. The van der Waals surface area contributed by atoms with Gasteiger partial charge < -0.3 is 0 Å². The molecule has 0 radical (unpaired) electrons. The summed E-state index contributed by atoms with van der Waals surface area (Å²) in [6.45, 7) is 1.95. The smallest absolute Gasteiger partial charge is 0.274 e. The molecule has 2 aliphatic heterocycles. The molecule has 0 spiro atoms. The molecule has 1 atom stereocenters. The third kappa shape index (κ3) is 2.13. The summed E-state index contributed by atoms with van der Waals surface area (Å²) in [4.78, 5) is 13.7. The van der Waals surface area contributed by atoms with Gasteiger partial charge in [0, 0.05) is 23.7 Å². The molecule has 19 heavy (non-hydrogen) atoms. The van der Waals surface area contributed by atoms with Gasteiger partial charge in [0.05, 0.1) is 0 Å². The summed E-state index contributed by atoms with van der Waals surface area (Å²) in [5.41, 5.74) is 3.39. The third-order valence-corrected chi connectivity index (χ3v) is 4.19. The van der Waals surface area contributed by atoms with E-state index in [0.717, 1.165) is 43.5 Å². The molecule has 0 unspecified atom stereocenters. The number of halogens is 1. The van der Waals surface area contributed by atoms with Gasteiger partial charge in [-0.1, -0.05) is 6.42 Å². The number of rotatable bonds is 1. The highest BCUT2D eigenvalue weighted by atomic mass is 19.1. The molecule has 2 N–H and O–H groups in total. The molecule has 0 bridgehead atoms. The largest absolute Gasteiger partial charge is 0.296 e. The van der Waals surface area contributed by atoms with Crippen LogP contribution in [0.4, 0.5) is 4.39 Å². The molecule has 0 saturated carbocycles. The molecule has 102 valence electrons. The minimum atomic E-state index is -0.659. The van der Waals surface area contributed by atoms with E-state index in [1.165, 1.54) is 12.5 Å². The van der Waals surface area contributed by atoms with Crippen LogP contribution in [0.25, 0.3) is 0 Å². The summed E-state index contributed by atoms with van der Waals surface area (Å²) in [6, 6.07) is 3.09. The lowest BCUT2D eigenvalue weighted by molar-refractivity contribution is 0.0705. The van der Waals surface area contributed by atoms with E-state index >= 15 is 0 Å². The van der Waals surface area contributed by atoms with Crippen LogP contribution >= 0.6 is 0 Å². The molecular weight excluding hydrogens is 247 g/mol. The van der Waals surface area contributed by atoms with Crippen LogP contribution in [-0.4, -0.2) is 29.1 Å². The van der Waals surface area contributed by atoms with E-state index < -0.39 is 5.91 Å². The molecule has 1 saturated heterocycles. The zero-order chi connectivity index (χ0) is 13.4. The lowest BCUT2D eigenvalue weighted by atomic mass is 9.85. The van der Waals surface area contributed by atoms with Crippen molar-refractivity contribution in [2.45, 2.75) is 31.7 Å². The van der Waals surface area contributed by atoms with Gasteiger partial charge in [-0.3, -0.25) is 14.9 Å². The van der Waals surface area contributed by atoms with Gasteiger partial charge in [0.15, 0.2) is 0 Å². The molecule has 2 aliphatic rings. The minimum absolute atomic E-state index is 0.156. The van der Waals surface area contributed by atoms with Crippen molar-refractivity contribution in [2.75, 3.05) is 13.1 Å². The summed E-state index contributed by atoms with van der Waals surface area (Å²) in [6.07, 6.45) is 4.04. The Bertz CT molecular complexity index is 518. The molecule has 5 heteroatoms. The monoisotopic (exact) mass is 264 g/mol. The van der Waals surface area contributed by atoms with Gasteiger partial charge >= 0.3 is 0 Å². The molecular formula is C14H17FN2O2. The van der Waals surface area contributed by atoms with Gasteiger partial charge in [-0.15, -0.1) is 0 Å². The van der Waals surface area contributed by atoms with Crippen LogP contribution in [0.5, 0.6) is 0 Å². The quantitative estimate of drug-likeness (QED) is 0.603. The fourth-order valence-corrected chi connectivity index (χ4v) is 3.30. The zero-order valence-electron chi connectivity index (χ0n) is 10.7. The number of nitrogens with one attached hydrogen (secondary N) is 1. The number of piperidine rings is 1. The number of amides is 1. The van der Waals surface area contributed by atoms with Gasteiger partial charge in [0.2, 0.25) is 0 Å². The van der Waals surface area contributed by atoms with Crippen LogP contribution in [0, 0.1) is 5.82 Å². The number of carbonyl (C=O) groups excluding carboxylic acids is 1. The van der Waals surface area contributed by atoms with Gasteiger partial charge in [-0.05, 0) is 43.5 Å². The van der Waals surface area contributed by atoms with E-state index in [2.05, 4.69) is 4.90 Å². The summed E-state index contributed by atoms with van der Waals surface area (Å²) in [7, 11) is 0. The molecule has 1 aromatic rings. The van der Waals surface area contributed by atoms with Crippen molar-refractivity contribution >= 4 is 5.91 Å². The minimum Gasteiger partial charge on any atom is -0.296 e. The van der Waals surface area contributed by atoms with E-state index in [9.17, 15) is 9.18 Å². The lowest BCUT2D eigenvalue weighted by Gasteiger charge is -2.40. The van der Waals surface area contributed by atoms with E-state index in [1.807, 2.05) is 0 Å². The van der Waals surface area contributed by atoms with E-state index in [0.29, 0.717) is 0 Å². The first kappa shape index (κ1) is 12.6. The first-order valence-electron chi connectivity index (χ1n) is 6.71. The number of fused-ring (bicyclic) bond motifs is 3. The third-order valence-electron chi connectivity index (χ3n) is 4.19. The fourth-order valence-electron chi connectivity index (χ4n) is 3.30. The molecule has 0 aliphatic carbocycles. The summed E-state index contributed by atoms with van der Waals surface area (Å²) >= 11 is 0. The SMILES string of the molecule is O=C(NO)c1cc(F)c2c(c1)CCN1CCCC[C@H]21. The first-order valence-corrected chi connectivity index (χ1v) is 6.71. The van der Waals surface area contributed by atoms with Crippen LogP contribution in [0.2, 0.25) is 0 Å². The van der Waals surface area contributed by atoms with Crippen LogP contribution in [0.15, 0.2) is 12.1 Å². The second-order valence-corrected chi connectivity index (χ2v) is 5.27. The predicted molar refractivity (Wildman–Crippen MR) is 67.5 cm³/mol.